The van der Waals surface area contributed by atoms with Crippen molar-refractivity contribution >= 4 is 6.72 Å². The average Bonchev–Trinajstić information content (AvgIpc) is 2.60. The highest BCUT2D eigenvalue weighted by Gasteiger charge is 2.45. The maximum Gasteiger partial charge on any atom is 0.0893 e. The van der Waals surface area contributed by atoms with Crippen LogP contribution in [0.3, 0.4) is 0 Å². The summed E-state index contributed by atoms with van der Waals surface area (Å²) in [5, 5.41) is 17.7. The average molecular weight is 339 g/mol. The molecule has 0 aliphatic rings. The van der Waals surface area contributed by atoms with Gasteiger partial charge in [0.25, 0.3) is 0 Å². The summed E-state index contributed by atoms with van der Waals surface area (Å²) >= 11 is 0. The summed E-state index contributed by atoms with van der Waals surface area (Å²) < 4.78 is 0. The largest absolute Gasteiger partial charge is 0.387 e. The molecule has 0 radical (unpaired) electrons. The zero-order valence-corrected chi connectivity index (χ0v) is 17.2. The highest BCUT2D eigenvalue weighted by molar-refractivity contribution is 5.24. The zero-order valence-electron chi connectivity index (χ0n) is 17.2. The predicted molar refractivity (Wildman–Crippen MR) is 107 cm³/mol. The first-order chi connectivity index (χ1) is 11.4. The third kappa shape index (κ3) is 6.23. The van der Waals surface area contributed by atoms with Gasteiger partial charge in [-0.15, -0.1) is 0 Å². The summed E-state index contributed by atoms with van der Waals surface area (Å²) in [4.78, 5) is 0. The van der Waals surface area contributed by atoms with Crippen LogP contribution in [0.2, 0.25) is 0 Å². The van der Waals surface area contributed by atoms with Crippen LogP contribution < -0.4 is 0 Å². The molecular weight excluding hydrogens is 296 g/mol. The van der Waals surface area contributed by atoms with Crippen LogP contribution in [0.1, 0.15) is 99.3 Å². The van der Waals surface area contributed by atoms with Gasteiger partial charge in [0.15, 0.2) is 0 Å². The van der Waals surface area contributed by atoms with Crippen molar-refractivity contribution < 1.29 is 5.11 Å². The number of aliphatic hydroxyl groups is 1. The van der Waals surface area contributed by atoms with E-state index < -0.39 is 5.60 Å². The highest BCUT2D eigenvalue weighted by atomic mass is 16.3. The van der Waals surface area contributed by atoms with Crippen molar-refractivity contribution in [2.24, 2.45) is 10.5 Å². The van der Waals surface area contributed by atoms with Crippen molar-refractivity contribution in [2.45, 2.75) is 105 Å². The topological polar surface area (TPSA) is 35.8 Å². The Kier molecular flexibility index (Phi) is 11.3. The number of unbranched alkanes of at least 4 members (excludes halogenated alkanes) is 3. The standard InChI is InChI=1S/C21H42N2O/c1-8-13-14-15-16-19(10-3)23(22-7)18-21(24,12-5)20(6,11-4)17-9-2/h10,24H,7-9,11-18H2,1-6H3/b19-10-/t20?,21-/m1/s1. The minimum atomic E-state index is -0.753. The second-order valence-corrected chi connectivity index (χ2v) is 7.34. The molecule has 2 atom stereocenters. The maximum atomic E-state index is 11.5. The lowest BCUT2D eigenvalue weighted by atomic mass is 9.67. The van der Waals surface area contributed by atoms with Crippen LogP contribution in [0.15, 0.2) is 16.9 Å². The molecule has 0 aromatic carbocycles. The molecule has 0 saturated carbocycles. The Balaban J connectivity index is 5.17. The van der Waals surface area contributed by atoms with Crippen LogP contribution in [0, 0.1) is 5.41 Å². The zero-order chi connectivity index (χ0) is 18.6. The lowest BCUT2D eigenvalue weighted by Gasteiger charge is -2.46. The van der Waals surface area contributed by atoms with Gasteiger partial charge in [-0.05, 0) is 44.4 Å². The molecule has 0 spiro atoms. The monoisotopic (exact) mass is 338 g/mol. The molecule has 24 heavy (non-hydrogen) atoms. The van der Waals surface area contributed by atoms with E-state index >= 15 is 0 Å². The highest BCUT2D eigenvalue weighted by Crippen LogP contribution is 2.42. The summed E-state index contributed by atoms with van der Waals surface area (Å²) in [5.41, 5.74) is 0.333. The van der Waals surface area contributed by atoms with Gasteiger partial charge in [-0.1, -0.05) is 66.4 Å². The van der Waals surface area contributed by atoms with Gasteiger partial charge in [-0.3, -0.25) is 5.01 Å². The molecule has 1 N–H and O–H groups in total. The van der Waals surface area contributed by atoms with Crippen LogP contribution in [-0.4, -0.2) is 29.0 Å². The molecule has 0 aliphatic carbocycles. The molecule has 0 rings (SSSR count). The fraction of sp³-hybridized carbons (Fsp3) is 0.857. The first kappa shape index (κ1) is 23.2. The van der Waals surface area contributed by atoms with Gasteiger partial charge < -0.3 is 5.11 Å². The third-order valence-corrected chi connectivity index (χ3v) is 5.82. The first-order valence-corrected chi connectivity index (χ1v) is 9.99. The molecule has 0 aliphatic heterocycles. The van der Waals surface area contributed by atoms with E-state index in [2.05, 4.69) is 59.4 Å². The summed E-state index contributed by atoms with van der Waals surface area (Å²) in [6.07, 6.45) is 11.9. The summed E-state index contributed by atoms with van der Waals surface area (Å²) in [6, 6.07) is 0. The van der Waals surface area contributed by atoms with Crippen LogP contribution >= 0.6 is 0 Å². The lowest BCUT2D eigenvalue weighted by Crippen LogP contribution is -2.52. The first-order valence-electron chi connectivity index (χ1n) is 9.99. The molecule has 3 nitrogen and oxygen atoms in total. The van der Waals surface area contributed by atoms with Gasteiger partial charge in [0.1, 0.15) is 0 Å². The van der Waals surface area contributed by atoms with Gasteiger partial charge in [-0.2, -0.15) is 5.10 Å². The Labute approximate surface area is 151 Å². The van der Waals surface area contributed by atoms with E-state index in [0.29, 0.717) is 6.54 Å². The quantitative estimate of drug-likeness (QED) is 0.235. The summed E-state index contributed by atoms with van der Waals surface area (Å²) in [7, 11) is 0. The summed E-state index contributed by atoms with van der Waals surface area (Å²) in [5.74, 6) is 0. The molecule has 3 heteroatoms. The van der Waals surface area contributed by atoms with Crippen molar-refractivity contribution in [1.82, 2.24) is 5.01 Å². The fourth-order valence-electron chi connectivity index (χ4n) is 3.67. The molecule has 142 valence electrons. The van der Waals surface area contributed by atoms with Crippen LogP contribution in [0.5, 0.6) is 0 Å². The second-order valence-electron chi connectivity index (χ2n) is 7.34. The molecule has 0 aromatic rings. The van der Waals surface area contributed by atoms with Crippen molar-refractivity contribution in [2.75, 3.05) is 6.54 Å². The number of hydrazone groups is 1. The van der Waals surface area contributed by atoms with Gasteiger partial charge in [0.2, 0.25) is 0 Å². The van der Waals surface area contributed by atoms with E-state index in [-0.39, 0.29) is 5.41 Å². The minimum absolute atomic E-state index is 0.0967. The molecule has 0 amide bonds. The Morgan fingerprint density at radius 3 is 2.17 bits per heavy atom. The molecule has 1 unspecified atom stereocenters. The molecule has 0 fully saturated rings. The number of nitrogens with zero attached hydrogens (tertiary/aromatic N) is 2. The molecule has 0 aromatic heterocycles. The Morgan fingerprint density at radius 1 is 1.08 bits per heavy atom. The minimum Gasteiger partial charge on any atom is -0.387 e. The lowest BCUT2D eigenvalue weighted by molar-refractivity contribution is -0.101. The van der Waals surface area contributed by atoms with Gasteiger partial charge in [0, 0.05) is 12.4 Å². The van der Waals surface area contributed by atoms with Crippen molar-refractivity contribution in [1.29, 1.82) is 0 Å². The van der Waals surface area contributed by atoms with Gasteiger partial charge in [0.05, 0.1) is 12.1 Å². The Morgan fingerprint density at radius 2 is 1.75 bits per heavy atom. The van der Waals surface area contributed by atoms with E-state index in [1.54, 1.807) is 0 Å². The van der Waals surface area contributed by atoms with Crippen LogP contribution in [-0.2, 0) is 0 Å². The SMILES string of the molecule is C=NN(C[C@](O)(CC)C(C)(CC)CCC)/C(=C\C)CCCCCC. The van der Waals surface area contributed by atoms with Crippen LogP contribution in [0.4, 0.5) is 0 Å². The number of rotatable bonds is 14. The van der Waals surface area contributed by atoms with E-state index in [1.165, 1.54) is 31.4 Å². The predicted octanol–water partition coefficient (Wildman–Crippen LogP) is 6.14. The molecule has 0 saturated heterocycles. The van der Waals surface area contributed by atoms with Crippen molar-refractivity contribution in [3.8, 4) is 0 Å². The van der Waals surface area contributed by atoms with Crippen molar-refractivity contribution in [3.63, 3.8) is 0 Å². The van der Waals surface area contributed by atoms with E-state index in [0.717, 1.165) is 32.1 Å². The van der Waals surface area contributed by atoms with Crippen molar-refractivity contribution in [3.05, 3.63) is 11.8 Å². The van der Waals surface area contributed by atoms with Crippen LogP contribution in [0.25, 0.3) is 0 Å². The number of hydrogen-bond donors (Lipinski definition) is 1. The Bertz CT molecular complexity index is 380. The Hall–Kier alpha value is -0.830. The molecule has 0 heterocycles. The van der Waals surface area contributed by atoms with Gasteiger partial charge >= 0.3 is 0 Å². The fourth-order valence-corrected chi connectivity index (χ4v) is 3.67. The van der Waals surface area contributed by atoms with E-state index in [1.807, 2.05) is 5.01 Å². The smallest absolute Gasteiger partial charge is 0.0893 e. The number of hydrogen-bond acceptors (Lipinski definition) is 3. The maximum absolute atomic E-state index is 11.5. The third-order valence-electron chi connectivity index (χ3n) is 5.82. The number of allylic oxidation sites excluding steroid dienone is 2. The second kappa shape index (κ2) is 11.7. The van der Waals surface area contributed by atoms with Gasteiger partial charge in [-0.25, -0.2) is 0 Å². The molecular formula is C21H42N2O. The molecule has 0 bridgehead atoms. The normalized spacial score (nSPS) is 17.2. The van der Waals surface area contributed by atoms with E-state index in [9.17, 15) is 5.11 Å². The van der Waals surface area contributed by atoms with E-state index in [4.69, 9.17) is 0 Å². The summed E-state index contributed by atoms with van der Waals surface area (Å²) in [6.45, 7) is 17.3.